The molecular weight excluding hydrogens is 312 g/mol. The predicted molar refractivity (Wildman–Crippen MR) is 76.9 cm³/mol. The van der Waals surface area contributed by atoms with Crippen molar-refractivity contribution in [3.63, 3.8) is 0 Å². The van der Waals surface area contributed by atoms with E-state index in [1.165, 1.54) is 9.58 Å². The number of sulfonamides is 1. The highest BCUT2D eigenvalue weighted by Crippen LogP contribution is 2.27. The Balaban J connectivity index is 2.13. The second kappa shape index (κ2) is 5.43. The van der Waals surface area contributed by atoms with E-state index in [1.54, 1.807) is 27.8 Å². The molecule has 1 atom stereocenters. The van der Waals surface area contributed by atoms with Gasteiger partial charge in [-0.05, 0) is 20.8 Å². The van der Waals surface area contributed by atoms with Gasteiger partial charge in [0.1, 0.15) is 12.2 Å². The maximum atomic E-state index is 12.0. The number of aromatic nitrogens is 2. The number of hydrogen-bond acceptors (Lipinski definition) is 6. The molecule has 0 aliphatic carbocycles. The van der Waals surface area contributed by atoms with Crippen LogP contribution in [-0.4, -0.2) is 54.5 Å². The van der Waals surface area contributed by atoms with E-state index in [0.29, 0.717) is 6.54 Å². The minimum absolute atomic E-state index is 0.0938. The smallest absolute Gasteiger partial charge is 0.410 e. The Morgan fingerprint density at radius 3 is 2.73 bits per heavy atom. The molecule has 10 heteroatoms. The Kier molecular flexibility index (Phi) is 4.09. The fourth-order valence-electron chi connectivity index (χ4n) is 1.97. The van der Waals surface area contributed by atoms with E-state index in [0.717, 1.165) is 6.20 Å². The Hall–Kier alpha value is -1.81. The van der Waals surface area contributed by atoms with Gasteiger partial charge in [-0.1, -0.05) is 0 Å². The van der Waals surface area contributed by atoms with Crippen molar-refractivity contribution in [2.24, 2.45) is 5.14 Å². The van der Waals surface area contributed by atoms with Crippen molar-refractivity contribution in [3.05, 3.63) is 6.20 Å². The summed E-state index contributed by atoms with van der Waals surface area (Å²) in [6.07, 6.45) is 0.656. The van der Waals surface area contributed by atoms with Crippen LogP contribution in [0.1, 0.15) is 20.8 Å². The summed E-state index contributed by atoms with van der Waals surface area (Å²) >= 11 is 0. The predicted octanol–water partition coefficient (Wildman–Crippen LogP) is 0.158. The average molecular weight is 332 g/mol. The zero-order valence-corrected chi connectivity index (χ0v) is 13.8. The summed E-state index contributed by atoms with van der Waals surface area (Å²) in [6.45, 7) is 5.75. The molecule has 1 aliphatic heterocycles. The van der Waals surface area contributed by atoms with Crippen LogP contribution in [0.25, 0.3) is 0 Å². The number of nitrogens with zero attached hydrogens (tertiary/aromatic N) is 3. The molecule has 0 aromatic carbocycles. The van der Waals surface area contributed by atoms with Crippen molar-refractivity contribution in [1.82, 2.24) is 14.7 Å². The van der Waals surface area contributed by atoms with E-state index >= 15 is 0 Å². The van der Waals surface area contributed by atoms with E-state index < -0.39 is 21.7 Å². The summed E-state index contributed by atoms with van der Waals surface area (Å²) in [4.78, 5) is 13.3. The Bertz CT molecular complexity index is 676. The fraction of sp³-hybridized carbons (Fsp3) is 0.667. The largest absolute Gasteiger partial charge is 0.475 e. The third kappa shape index (κ3) is 3.50. The lowest BCUT2D eigenvalue weighted by molar-refractivity contribution is 0.0101. The summed E-state index contributed by atoms with van der Waals surface area (Å²) in [5, 5.41) is 9.04. The van der Waals surface area contributed by atoms with Crippen LogP contribution in [0, 0.1) is 0 Å². The van der Waals surface area contributed by atoms with E-state index in [-0.39, 0.29) is 23.4 Å². The van der Waals surface area contributed by atoms with Crippen LogP contribution in [0.4, 0.5) is 4.79 Å². The number of ether oxygens (including phenoxy) is 2. The van der Waals surface area contributed by atoms with E-state index in [2.05, 4.69) is 5.10 Å². The molecule has 2 N–H and O–H groups in total. The van der Waals surface area contributed by atoms with Gasteiger partial charge in [0, 0.05) is 7.05 Å². The molecule has 124 valence electrons. The van der Waals surface area contributed by atoms with Gasteiger partial charge in [-0.3, -0.25) is 0 Å². The lowest BCUT2D eigenvalue weighted by Gasteiger charge is -2.33. The maximum Gasteiger partial charge on any atom is 0.410 e. The number of rotatable bonds is 2. The lowest BCUT2D eigenvalue weighted by atomic mass is 10.2. The highest BCUT2D eigenvalue weighted by Gasteiger charge is 2.32. The molecule has 0 saturated heterocycles. The van der Waals surface area contributed by atoms with Crippen molar-refractivity contribution in [2.75, 3.05) is 13.7 Å². The van der Waals surface area contributed by atoms with Crippen molar-refractivity contribution in [2.45, 2.75) is 43.9 Å². The number of hydrogen-bond donors (Lipinski definition) is 1. The third-order valence-electron chi connectivity index (χ3n) is 3.09. The lowest BCUT2D eigenvalue weighted by Crippen LogP contribution is -2.47. The number of carbonyl (C=O) groups excluding carboxylic acids is 1. The van der Waals surface area contributed by atoms with Gasteiger partial charge in [0.05, 0.1) is 18.8 Å². The van der Waals surface area contributed by atoms with Crippen molar-refractivity contribution < 1.29 is 22.7 Å². The first-order valence-corrected chi connectivity index (χ1v) is 8.21. The van der Waals surface area contributed by atoms with Crippen LogP contribution < -0.4 is 9.88 Å². The zero-order chi connectivity index (χ0) is 16.7. The van der Waals surface area contributed by atoms with Gasteiger partial charge in [0.15, 0.2) is 4.90 Å². The average Bonchev–Trinajstić information content (AvgIpc) is 2.78. The van der Waals surface area contributed by atoms with Crippen LogP contribution >= 0.6 is 0 Å². The molecule has 0 spiro atoms. The Morgan fingerprint density at radius 2 is 2.18 bits per heavy atom. The number of primary sulfonamides is 1. The molecule has 0 radical (unpaired) electrons. The minimum atomic E-state index is -3.89. The summed E-state index contributed by atoms with van der Waals surface area (Å²) in [5.74, 6) is 0.0938. The molecule has 2 heterocycles. The van der Waals surface area contributed by atoms with Crippen molar-refractivity contribution in [3.8, 4) is 5.88 Å². The van der Waals surface area contributed by atoms with Gasteiger partial charge in [-0.15, -0.1) is 0 Å². The van der Waals surface area contributed by atoms with E-state index in [1.807, 2.05) is 0 Å². The molecule has 1 aromatic rings. The number of amides is 1. The molecule has 0 unspecified atom stereocenters. The molecule has 0 saturated carbocycles. The fourth-order valence-corrected chi connectivity index (χ4v) is 2.57. The van der Waals surface area contributed by atoms with Crippen LogP contribution in [0.15, 0.2) is 11.1 Å². The van der Waals surface area contributed by atoms with Crippen molar-refractivity contribution >= 4 is 16.1 Å². The van der Waals surface area contributed by atoms with Crippen molar-refractivity contribution in [1.29, 1.82) is 0 Å². The van der Waals surface area contributed by atoms with E-state index in [4.69, 9.17) is 14.6 Å². The molecule has 1 amide bonds. The second-order valence-corrected chi connectivity index (χ2v) is 7.63. The molecule has 1 aliphatic rings. The monoisotopic (exact) mass is 332 g/mol. The molecule has 22 heavy (non-hydrogen) atoms. The summed E-state index contributed by atoms with van der Waals surface area (Å²) in [5.41, 5.74) is -0.599. The number of fused-ring (bicyclic) bond motifs is 1. The van der Waals surface area contributed by atoms with Gasteiger partial charge < -0.3 is 14.4 Å². The molecule has 2 rings (SSSR count). The third-order valence-corrected chi connectivity index (χ3v) is 3.98. The summed E-state index contributed by atoms with van der Waals surface area (Å²) in [6, 6.07) is -0.324. The maximum absolute atomic E-state index is 12.0. The standard InChI is InChI=1S/C12H20N4O5S/c1-12(2,3)21-11(17)15(4)8-6-16-10(20-7-8)9(5-14-16)22(13,18)19/h5,8H,6-7H2,1-4H3,(H2,13,18,19)/t8-/m1/s1. The minimum Gasteiger partial charge on any atom is -0.475 e. The van der Waals surface area contributed by atoms with Gasteiger partial charge in [0.2, 0.25) is 15.9 Å². The first-order chi connectivity index (χ1) is 9.99. The number of carbonyl (C=O) groups is 1. The molecule has 9 nitrogen and oxygen atoms in total. The molecule has 1 aromatic heterocycles. The normalized spacial score (nSPS) is 18.3. The van der Waals surface area contributed by atoms with E-state index in [9.17, 15) is 13.2 Å². The second-order valence-electron chi connectivity index (χ2n) is 6.10. The molecule has 0 fully saturated rings. The van der Waals surface area contributed by atoms with Gasteiger partial charge in [0.25, 0.3) is 0 Å². The first kappa shape index (κ1) is 16.6. The highest BCUT2D eigenvalue weighted by atomic mass is 32.2. The van der Waals surface area contributed by atoms with Crippen LogP contribution in [0.5, 0.6) is 5.88 Å². The van der Waals surface area contributed by atoms with Crippen LogP contribution in [0.2, 0.25) is 0 Å². The van der Waals surface area contributed by atoms with Gasteiger partial charge in [-0.2, -0.15) is 5.10 Å². The summed E-state index contributed by atoms with van der Waals surface area (Å²) in [7, 11) is -2.30. The summed E-state index contributed by atoms with van der Waals surface area (Å²) < 4.78 is 34.9. The molecular formula is C12H20N4O5S. The Morgan fingerprint density at radius 1 is 1.55 bits per heavy atom. The zero-order valence-electron chi connectivity index (χ0n) is 12.9. The highest BCUT2D eigenvalue weighted by molar-refractivity contribution is 7.89. The van der Waals surface area contributed by atoms with Gasteiger partial charge >= 0.3 is 6.09 Å². The van der Waals surface area contributed by atoms with Crippen LogP contribution in [0.3, 0.4) is 0 Å². The van der Waals surface area contributed by atoms with Gasteiger partial charge in [-0.25, -0.2) is 23.0 Å². The quantitative estimate of drug-likeness (QED) is 0.824. The molecule has 0 bridgehead atoms. The first-order valence-electron chi connectivity index (χ1n) is 6.66. The van der Waals surface area contributed by atoms with Crippen LogP contribution in [-0.2, 0) is 21.3 Å². The Labute approximate surface area is 129 Å². The number of nitrogens with two attached hydrogens (primary N) is 1. The topological polar surface area (TPSA) is 117 Å². The SMILES string of the molecule is CN(C(=O)OC(C)(C)C)[C@H]1COc2c(S(N)(=O)=O)cnn2C1. The number of likely N-dealkylation sites (N-methyl/N-ethyl adjacent to an activating group) is 1.